The van der Waals surface area contributed by atoms with Crippen molar-refractivity contribution in [2.24, 2.45) is 7.05 Å². The first-order chi connectivity index (χ1) is 17.2. The van der Waals surface area contributed by atoms with E-state index in [-0.39, 0.29) is 27.5 Å². The van der Waals surface area contributed by atoms with Gasteiger partial charge in [0.05, 0.1) is 34.4 Å². The first-order valence-corrected chi connectivity index (χ1v) is 10.9. The number of halogens is 3. The molecule has 36 heavy (non-hydrogen) atoms. The Balaban J connectivity index is 1.49. The quantitative estimate of drug-likeness (QED) is 0.327. The summed E-state index contributed by atoms with van der Waals surface area (Å²) in [6.07, 6.45) is 0.743. The van der Waals surface area contributed by atoms with Crippen molar-refractivity contribution >= 4 is 39.8 Å². The fourth-order valence-corrected chi connectivity index (χ4v) is 4.08. The molecule has 4 N–H and O–H groups in total. The van der Waals surface area contributed by atoms with Gasteiger partial charge in [-0.25, -0.2) is 13.5 Å². The van der Waals surface area contributed by atoms with E-state index in [1.807, 2.05) is 0 Å². The van der Waals surface area contributed by atoms with E-state index >= 15 is 0 Å². The zero-order chi connectivity index (χ0) is 25.6. The Hall–Kier alpha value is -4.58. The van der Waals surface area contributed by atoms with Crippen LogP contribution in [-0.4, -0.2) is 35.4 Å². The SMILES string of the molecule is Cn1nc(-c2ncc(NC(=O)c3cnn(-c4cccc5c(=O)[nH]ccc45)c3C(F)F)cc2Cl)cc1N. The molecule has 4 aromatic heterocycles. The number of aryl methyl sites for hydroxylation is 1. The van der Waals surface area contributed by atoms with Crippen LogP contribution in [0.1, 0.15) is 22.5 Å². The van der Waals surface area contributed by atoms with E-state index in [2.05, 4.69) is 25.5 Å². The molecule has 0 bridgehead atoms. The molecular formula is C23H17ClF2N8O2. The maximum atomic E-state index is 14.2. The van der Waals surface area contributed by atoms with Crippen LogP contribution in [-0.2, 0) is 7.05 Å². The fourth-order valence-electron chi connectivity index (χ4n) is 3.81. The molecule has 0 spiro atoms. The minimum atomic E-state index is -3.04. The predicted octanol–water partition coefficient (Wildman–Crippen LogP) is 3.93. The Bertz CT molecular complexity index is 1670. The molecule has 0 aliphatic heterocycles. The first kappa shape index (κ1) is 23.2. The van der Waals surface area contributed by atoms with Crippen LogP contribution in [0.2, 0.25) is 5.02 Å². The third kappa shape index (κ3) is 3.96. The van der Waals surface area contributed by atoms with Crippen LogP contribution in [0.15, 0.2) is 59.8 Å². The molecular weight excluding hydrogens is 494 g/mol. The number of fused-ring (bicyclic) bond motifs is 1. The van der Waals surface area contributed by atoms with Gasteiger partial charge in [0.1, 0.15) is 22.9 Å². The van der Waals surface area contributed by atoms with Crippen LogP contribution < -0.4 is 16.6 Å². The molecule has 10 nitrogen and oxygen atoms in total. The lowest BCUT2D eigenvalue weighted by atomic mass is 10.1. The number of rotatable bonds is 5. The number of carbonyl (C=O) groups excluding carboxylic acids is 1. The van der Waals surface area contributed by atoms with Gasteiger partial charge in [0.15, 0.2) is 0 Å². The van der Waals surface area contributed by atoms with Gasteiger partial charge in [0.25, 0.3) is 17.9 Å². The molecule has 1 amide bonds. The highest BCUT2D eigenvalue weighted by Crippen LogP contribution is 2.31. The van der Waals surface area contributed by atoms with E-state index in [1.54, 1.807) is 31.3 Å². The second-order valence-corrected chi connectivity index (χ2v) is 8.19. The summed E-state index contributed by atoms with van der Waals surface area (Å²) >= 11 is 6.32. The maximum absolute atomic E-state index is 14.2. The van der Waals surface area contributed by atoms with Crippen LogP contribution in [0.4, 0.5) is 20.3 Å². The number of nitrogens with two attached hydrogens (primary N) is 1. The molecule has 13 heteroatoms. The molecule has 0 fully saturated rings. The van der Waals surface area contributed by atoms with E-state index in [0.29, 0.717) is 28.0 Å². The molecule has 0 atom stereocenters. The third-order valence-corrected chi connectivity index (χ3v) is 5.82. The number of nitrogens with one attached hydrogen (secondary N) is 2. The number of benzene rings is 1. The van der Waals surface area contributed by atoms with Gasteiger partial charge in [-0.2, -0.15) is 10.2 Å². The topological polar surface area (TPSA) is 137 Å². The summed E-state index contributed by atoms with van der Waals surface area (Å²) in [7, 11) is 1.67. The van der Waals surface area contributed by atoms with E-state index in [4.69, 9.17) is 17.3 Å². The van der Waals surface area contributed by atoms with Gasteiger partial charge < -0.3 is 16.0 Å². The van der Waals surface area contributed by atoms with Crippen LogP contribution in [0.3, 0.4) is 0 Å². The molecule has 5 aromatic rings. The lowest BCUT2D eigenvalue weighted by molar-refractivity contribution is 0.100. The second-order valence-electron chi connectivity index (χ2n) is 7.79. The van der Waals surface area contributed by atoms with Gasteiger partial charge in [-0.05, 0) is 24.3 Å². The molecule has 182 valence electrons. The van der Waals surface area contributed by atoms with Gasteiger partial charge in [-0.3, -0.25) is 19.3 Å². The highest BCUT2D eigenvalue weighted by molar-refractivity contribution is 6.33. The number of aromatic nitrogens is 6. The van der Waals surface area contributed by atoms with Gasteiger partial charge in [-0.1, -0.05) is 17.7 Å². The summed E-state index contributed by atoms with van der Waals surface area (Å²) in [6.45, 7) is 0. The summed E-state index contributed by atoms with van der Waals surface area (Å²) in [5.41, 5.74) is 5.65. The summed E-state index contributed by atoms with van der Waals surface area (Å²) in [5, 5.41) is 11.6. The smallest absolute Gasteiger partial charge is 0.281 e. The number of hydrogen-bond acceptors (Lipinski definition) is 6. The van der Waals surface area contributed by atoms with Crippen molar-refractivity contribution in [1.82, 2.24) is 29.5 Å². The minimum absolute atomic E-state index is 0.177. The average molecular weight is 511 g/mol. The van der Waals surface area contributed by atoms with Crippen molar-refractivity contribution in [2.45, 2.75) is 6.43 Å². The number of carbonyl (C=O) groups is 1. The Morgan fingerprint density at radius 1 is 1.19 bits per heavy atom. The van der Waals surface area contributed by atoms with Crippen molar-refractivity contribution in [3.63, 3.8) is 0 Å². The van der Waals surface area contributed by atoms with Crippen LogP contribution in [0.25, 0.3) is 27.8 Å². The highest BCUT2D eigenvalue weighted by atomic mass is 35.5. The number of hydrogen-bond donors (Lipinski definition) is 3. The normalized spacial score (nSPS) is 11.4. The Morgan fingerprint density at radius 2 is 2.00 bits per heavy atom. The van der Waals surface area contributed by atoms with Gasteiger partial charge in [0, 0.05) is 30.1 Å². The van der Waals surface area contributed by atoms with E-state index in [1.165, 1.54) is 29.2 Å². The van der Waals surface area contributed by atoms with Crippen molar-refractivity contribution in [3.05, 3.63) is 81.6 Å². The van der Waals surface area contributed by atoms with Gasteiger partial charge in [0.2, 0.25) is 0 Å². The Labute approximate surface area is 206 Å². The Kier molecular flexibility index (Phi) is 5.72. The maximum Gasteiger partial charge on any atom is 0.281 e. The zero-order valence-corrected chi connectivity index (χ0v) is 19.3. The molecule has 0 aliphatic carbocycles. The number of aromatic amines is 1. The Morgan fingerprint density at radius 3 is 2.69 bits per heavy atom. The molecule has 0 aliphatic rings. The summed E-state index contributed by atoms with van der Waals surface area (Å²) in [4.78, 5) is 31.9. The zero-order valence-electron chi connectivity index (χ0n) is 18.5. The summed E-state index contributed by atoms with van der Waals surface area (Å²) in [5.74, 6) is -0.421. The van der Waals surface area contributed by atoms with Gasteiger partial charge in [-0.15, -0.1) is 0 Å². The molecule has 0 unspecified atom stereocenters. The van der Waals surface area contributed by atoms with E-state index < -0.39 is 18.0 Å². The number of pyridine rings is 2. The number of H-pyrrole nitrogens is 1. The second kappa shape index (κ2) is 8.89. The van der Waals surface area contributed by atoms with E-state index in [9.17, 15) is 18.4 Å². The average Bonchev–Trinajstić information content (AvgIpc) is 3.43. The lowest BCUT2D eigenvalue weighted by Gasteiger charge is -2.12. The number of alkyl halides is 2. The van der Waals surface area contributed by atoms with Crippen molar-refractivity contribution in [3.8, 4) is 17.1 Å². The third-order valence-electron chi connectivity index (χ3n) is 5.54. The van der Waals surface area contributed by atoms with Crippen molar-refractivity contribution in [2.75, 3.05) is 11.1 Å². The summed E-state index contributed by atoms with van der Waals surface area (Å²) < 4.78 is 30.7. The van der Waals surface area contributed by atoms with Gasteiger partial charge >= 0.3 is 0 Å². The largest absolute Gasteiger partial charge is 0.384 e. The standard InChI is InChI=1S/C23H17ClF2N8O2/c1-33-18(27)8-16(32-33)19-15(24)7-11(9-29-19)31-23(36)14-10-30-34(20(14)21(25)26)17-4-2-3-13-12(17)5-6-28-22(13)35/h2-10,21H,27H2,1H3,(H,28,35)(H,31,36). The van der Waals surface area contributed by atoms with Crippen LogP contribution in [0, 0.1) is 0 Å². The first-order valence-electron chi connectivity index (χ1n) is 10.5. The molecule has 0 saturated carbocycles. The van der Waals surface area contributed by atoms with Crippen molar-refractivity contribution in [1.29, 1.82) is 0 Å². The molecule has 1 aromatic carbocycles. The number of anilines is 2. The number of nitrogens with zero attached hydrogens (tertiary/aromatic N) is 5. The molecule has 0 radical (unpaired) electrons. The van der Waals surface area contributed by atoms with Crippen LogP contribution in [0.5, 0.6) is 0 Å². The number of nitrogen functional groups attached to an aromatic ring is 1. The summed E-state index contributed by atoms with van der Waals surface area (Å²) in [6, 6.07) is 9.25. The minimum Gasteiger partial charge on any atom is -0.384 e. The molecule has 5 rings (SSSR count). The molecule has 4 heterocycles. The predicted molar refractivity (Wildman–Crippen MR) is 130 cm³/mol. The lowest BCUT2D eigenvalue weighted by Crippen LogP contribution is -2.15. The van der Waals surface area contributed by atoms with Crippen LogP contribution >= 0.6 is 11.6 Å². The molecule has 0 saturated heterocycles. The van der Waals surface area contributed by atoms with E-state index in [0.717, 1.165) is 10.9 Å². The number of amides is 1. The highest BCUT2D eigenvalue weighted by Gasteiger charge is 2.26. The monoisotopic (exact) mass is 510 g/mol. The van der Waals surface area contributed by atoms with Crippen molar-refractivity contribution < 1.29 is 13.6 Å². The fraction of sp³-hybridized carbons (Fsp3) is 0.0870.